The van der Waals surface area contributed by atoms with Crippen molar-refractivity contribution in [3.8, 4) is 0 Å². The number of anilines is 1. The van der Waals surface area contributed by atoms with Gasteiger partial charge in [0.15, 0.2) is 0 Å². The molecule has 0 saturated heterocycles. The van der Waals surface area contributed by atoms with Crippen LogP contribution in [0.1, 0.15) is 47.0 Å². The number of rotatable bonds is 3. The molecule has 1 amide bonds. The molecule has 7 heteroatoms. The molecule has 3 rings (SSSR count). The SMILES string of the molecule is COC(=O)c1c(NC(=O)[C@]2(C)CC2(Cl)Cl)sc2c1CCCC2. The van der Waals surface area contributed by atoms with E-state index < -0.39 is 15.7 Å². The van der Waals surface area contributed by atoms with Crippen molar-refractivity contribution in [2.24, 2.45) is 5.41 Å². The van der Waals surface area contributed by atoms with E-state index in [1.54, 1.807) is 6.92 Å². The molecule has 1 heterocycles. The molecule has 1 aromatic heterocycles. The molecule has 22 heavy (non-hydrogen) atoms. The summed E-state index contributed by atoms with van der Waals surface area (Å²) in [5, 5.41) is 3.41. The topological polar surface area (TPSA) is 55.4 Å². The Bertz CT molecular complexity index is 655. The number of hydrogen-bond donors (Lipinski definition) is 1. The van der Waals surface area contributed by atoms with E-state index in [9.17, 15) is 9.59 Å². The van der Waals surface area contributed by atoms with Crippen LogP contribution in [0.4, 0.5) is 5.00 Å². The van der Waals surface area contributed by atoms with Crippen LogP contribution in [0, 0.1) is 5.41 Å². The molecule has 120 valence electrons. The third kappa shape index (κ3) is 2.43. The number of aryl methyl sites for hydroxylation is 1. The number of carbonyl (C=O) groups excluding carboxylic acids is 2. The molecule has 2 aliphatic rings. The van der Waals surface area contributed by atoms with Crippen molar-refractivity contribution >= 4 is 51.4 Å². The first-order chi connectivity index (χ1) is 10.3. The molecule has 0 aromatic carbocycles. The summed E-state index contributed by atoms with van der Waals surface area (Å²) in [6, 6.07) is 0. The lowest BCUT2D eigenvalue weighted by Crippen LogP contribution is -2.26. The number of fused-ring (bicyclic) bond motifs is 1. The van der Waals surface area contributed by atoms with Crippen LogP contribution >= 0.6 is 34.5 Å². The normalized spacial score (nSPS) is 25.3. The van der Waals surface area contributed by atoms with Gasteiger partial charge in [0, 0.05) is 4.88 Å². The Balaban J connectivity index is 1.92. The van der Waals surface area contributed by atoms with E-state index in [2.05, 4.69) is 5.32 Å². The maximum atomic E-state index is 12.5. The largest absolute Gasteiger partial charge is 0.465 e. The Hall–Kier alpha value is -0.780. The molecule has 1 N–H and O–H groups in total. The van der Waals surface area contributed by atoms with Gasteiger partial charge in [-0.3, -0.25) is 4.79 Å². The van der Waals surface area contributed by atoms with E-state index in [-0.39, 0.29) is 5.91 Å². The van der Waals surface area contributed by atoms with Crippen molar-refractivity contribution in [2.45, 2.75) is 43.4 Å². The van der Waals surface area contributed by atoms with E-state index >= 15 is 0 Å². The third-order valence-electron chi connectivity index (χ3n) is 4.55. The summed E-state index contributed by atoms with van der Waals surface area (Å²) in [5.41, 5.74) is 0.700. The van der Waals surface area contributed by atoms with Crippen LogP contribution < -0.4 is 5.32 Å². The summed E-state index contributed by atoms with van der Waals surface area (Å²) in [4.78, 5) is 25.7. The van der Waals surface area contributed by atoms with Gasteiger partial charge in [-0.1, -0.05) is 0 Å². The summed E-state index contributed by atoms with van der Waals surface area (Å²) < 4.78 is 3.86. The fourth-order valence-corrected chi connectivity index (χ4v) is 4.84. The highest BCUT2D eigenvalue weighted by Crippen LogP contribution is 2.64. The van der Waals surface area contributed by atoms with E-state index in [1.165, 1.54) is 18.4 Å². The summed E-state index contributed by atoms with van der Waals surface area (Å²) in [6.45, 7) is 1.73. The van der Waals surface area contributed by atoms with Crippen molar-refractivity contribution in [1.82, 2.24) is 0 Å². The maximum absolute atomic E-state index is 12.5. The standard InChI is InChI=1S/C15H17Cl2NO3S/c1-14(7-15(14,16)17)13(20)18-11-10(12(19)21-2)8-5-3-4-6-9(8)22-11/h3-7H2,1-2H3,(H,18,20)/t14-/m0/s1. The van der Waals surface area contributed by atoms with Crippen LogP contribution in [0.3, 0.4) is 0 Å². The van der Waals surface area contributed by atoms with Crippen molar-refractivity contribution in [3.05, 3.63) is 16.0 Å². The quantitative estimate of drug-likeness (QED) is 0.655. The first kappa shape index (κ1) is 16.1. The van der Waals surface area contributed by atoms with Gasteiger partial charge in [0.1, 0.15) is 9.33 Å². The molecule has 0 unspecified atom stereocenters. The molecule has 2 aliphatic carbocycles. The van der Waals surface area contributed by atoms with Crippen LogP contribution in [0.5, 0.6) is 0 Å². The Labute approximate surface area is 143 Å². The summed E-state index contributed by atoms with van der Waals surface area (Å²) >= 11 is 13.6. The number of halogens is 2. The monoisotopic (exact) mass is 361 g/mol. The second-order valence-corrected chi connectivity index (χ2v) is 8.66. The third-order valence-corrected chi connectivity index (χ3v) is 6.86. The Morgan fingerprint density at radius 3 is 2.50 bits per heavy atom. The predicted octanol–water partition coefficient (Wildman–Crippen LogP) is 3.94. The van der Waals surface area contributed by atoms with Crippen LogP contribution in [0.15, 0.2) is 0 Å². The molecule has 1 saturated carbocycles. The number of thiophene rings is 1. The van der Waals surface area contributed by atoms with Gasteiger partial charge in [-0.15, -0.1) is 34.5 Å². The molecule has 4 nitrogen and oxygen atoms in total. The van der Waals surface area contributed by atoms with Crippen LogP contribution in [-0.2, 0) is 22.4 Å². The van der Waals surface area contributed by atoms with Gasteiger partial charge in [0.25, 0.3) is 0 Å². The van der Waals surface area contributed by atoms with Crippen LogP contribution in [-0.4, -0.2) is 23.3 Å². The summed E-state index contributed by atoms with van der Waals surface area (Å²) in [5.74, 6) is -0.653. The lowest BCUT2D eigenvalue weighted by molar-refractivity contribution is -0.120. The predicted molar refractivity (Wildman–Crippen MR) is 88.1 cm³/mol. The van der Waals surface area contributed by atoms with Gasteiger partial charge in [-0.25, -0.2) is 4.79 Å². The number of alkyl halides is 2. The zero-order valence-corrected chi connectivity index (χ0v) is 14.8. The number of hydrogen-bond acceptors (Lipinski definition) is 4. The minimum Gasteiger partial charge on any atom is -0.465 e. The average molecular weight is 362 g/mol. The average Bonchev–Trinajstić information content (AvgIpc) is 2.83. The molecule has 1 atom stereocenters. The Morgan fingerprint density at radius 2 is 1.91 bits per heavy atom. The van der Waals surface area contributed by atoms with Crippen molar-refractivity contribution < 1.29 is 14.3 Å². The van der Waals surface area contributed by atoms with Gasteiger partial charge in [0.05, 0.1) is 18.1 Å². The zero-order chi connectivity index (χ0) is 16.1. The fourth-order valence-electron chi connectivity index (χ4n) is 2.86. The maximum Gasteiger partial charge on any atom is 0.341 e. The van der Waals surface area contributed by atoms with Crippen molar-refractivity contribution in [2.75, 3.05) is 12.4 Å². The first-order valence-electron chi connectivity index (χ1n) is 7.22. The Morgan fingerprint density at radius 1 is 1.27 bits per heavy atom. The molecule has 0 aliphatic heterocycles. The number of ether oxygens (including phenoxy) is 1. The van der Waals surface area contributed by atoms with Gasteiger partial charge >= 0.3 is 5.97 Å². The molecule has 1 aromatic rings. The van der Waals surface area contributed by atoms with E-state index in [4.69, 9.17) is 27.9 Å². The first-order valence-corrected chi connectivity index (χ1v) is 8.79. The van der Waals surface area contributed by atoms with Crippen LogP contribution in [0.2, 0.25) is 0 Å². The number of amides is 1. The fraction of sp³-hybridized carbons (Fsp3) is 0.600. The summed E-state index contributed by atoms with van der Waals surface area (Å²) in [6.07, 6.45) is 4.34. The molecule has 0 bridgehead atoms. The van der Waals surface area contributed by atoms with E-state index in [1.807, 2.05) is 0 Å². The number of nitrogens with one attached hydrogen (secondary N) is 1. The van der Waals surface area contributed by atoms with Crippen LogP contribution in [0.25, 0.3) is 0 Å². The minimum absolute atomic E-state index is 0.249. The lowest BCUT2D eigenvalue weighted by Gasteiger charge is -2.13. The van der Waals surface area contributed by atoms with Gasteiger partial charge < -0.3 is 10.1 Å². The smallest absolute Gasteiger partial charge is 0.341 e. The van der Waals surface area contributed by atoms with Crippen molar-refractivity contribution in [1.29, 1.82) is 0 Å². The zero-order valence-electron chi connectivity index (χ0n) is 12.4. The molecular weight excluding hydrogens is 345 g/mol. The van der Waals surface area contributed by atoms with Gasteiger partial charge in [0.2, 0.25) is 5.91 Å². The molecule has 1 fully saturated rings. The Kier molecular flexibility index (Phi) is 3.94. The highest BCUT2D eigenvalue weighted by Gasteiger charge is 2.68. The number of carbonyl (C=O) groups is 2. The second kappa shape index (κ2) is 5.39. The molecule has 0 radical (unpaired) electrons. The molecule has 0 spiro atoms. The van der Waals surface area contributed by atoms with Crippen molar-refractivity contribution in [3.63, 3.8) is 0 Å². The van der Waals surface area contributed by atoms with E-state index in [0.29, 0.717) is 17.0 Å². The second-order valence-electron chi connectivity index (χ2n) is 6.07. The lowest BCUT2D eigenvalue weighted by atomic mass is 9.95. The summed E-state index contributed by atoms with van der Waals surface area (Å²) in [7, 11) is 1.35. The van der Waals surface area contributed by atoms with Gasteiger partial charge in [-0.2, -0.15) is 0 Å². The number of methoxy groups -OCH3 is 1. The highest BCUT2D eigenvalue weighted by molar-refractivity contribution is 7.17. The van der Waals surface area contributed by atoms with Gasteiger partial charge in [-0.05, 0) is 44.6 Å². The van der Waals surface area contributed by atoms with E-state index in [0.717, 1.165) is 36.1 Å². The molecular formula is C15H17Cl2NO3S. The highest BCUT2D eigenvalue weighted by atomic mass is 35.5. The number of esters is 1. The minimum atomic E-state index is -1.03.